The summed E-state index contributed by atoms with van der Waals surface area (Å²) in [7, 11) is 1.58. The van der Waals surface area contributed by atoms with Crippen LogP contribution in [-0.4, -0.2) is 24.0 Å². The van der Waals surface area contributed by atoms with Crippen LogP contribution in [0.1, 0.15) is 12.5 Å². The maximum atomic E-state index is 12.5. The van der Waals surface area contributed by atoms with E-state index in [0.717, 1.165) is 10.4 Å². The van der Waals surface area contributed by atoms with Crippen molar-refractivity contribution in [1.29, 1.82) is 0 Å². The lowest BCUT2D eigenvalue weighted by atomic mass is 10.1. The number of nitrogens with one attached hydrogen (secondary N) is 1. The maximum Gasteiger partial charge on any atom is 0.270 e. The monoisotopic (exact) mass is 412 g/mol. The second-order valence-corrected chi connectivity index (χ2v) is 7.15. The average Bonchev–Trinajstić information content (AvgIpc) is 3.26. The fourth-order valence-corrected chi connectivity index (χ4v) is 3.53. The number of para-hydroxylation sites is 1. The van der Waals surface area contributed by atoms with Crippen molar-refractivity contribution < 1.29 is 19.2 Å². The molecule has 7 nitrogen and oxygen atoms in total. The predicted octanol–water partition coefficient (Wildman–Crippen LogP) is 4.42. The molecule has 0 fully saturated rings. The Morgan fingerprint density at radius 3 is 2.66 bits per heavy atom. The van der Waals surface area contributed by atoms with Gasteiger partial charge in [-0.1, -0.05) is 24.3 Å². The van der Waals surface area contributed by atoms with Gasteiger partial charge < -0.3 is 14.8 Å². The van der Waals surface area contributed by atoms with Gasteiger partial charge in [0.25, 0.3) is 11.6 Å². The first-order chi connectivity index (χ1) is 14.0. The summed E-state index contributed by atoms with van der Waals surface area (Å²) in [6.45, 7) is 1.94. The molecule has 0 aliphatic carbocycles. The van der Waals surface area contributed by atoms with Crippen LogP contribution in [-0.2, 0) is 11.3 Å². The van der Waals surface area contributed by atoms with Crippen molar-refractivity contribution in [3.8, 4) is 21.9 Å². The highest BCUT2D eigenvalue weighted by atomic mass is 32.1. The van der Waals surface area contributed by atoms with Crippen molar-refractivity contribution in [2.45, 2.75) is 19.6 Å². The molecule has 0 aliphatic rings. The molecule has 150 valence electrons. The van der Waals surface area contributed by atoms with Crippen LogP contribution in [0.4, 0.5) is 5.69 Å². The van der Waals surface area contributed by atoms with Crippen LogP contribution in [0.3, 0.4) is 0 Å². The largest absolute Gasteiger partial charge is 0.496 e. The van der Waals surface area contributed by atoms with Crippen LogP contribution in [0.2, 0.25) is 0 Å². The second kappa shape index (κ2) is 9.20. The minimum atomic E-state index is -0.787. The summed E-state index contributed by atoms with van der Waals surface area (Å²) in [4.78, 5) is 24.0. The number of nitro benzene ring substituents is 1. The van der Waals surface area contributed by atoms with E-state index >= 15 is 0 Å². The molecule has 0 aliphatic heterocycles. The number of benzene rings is 2. The Bertz CT molecular complexity index is 1000. The molecule has 0 radical (unpaired) electrons. The highest BCUT2D eigenvalue weighted by molar-refractivity contribution is 7.13. The number of hydrogen-bond acceptors (Lipinski definition) is 6. The molecular weight excluding hydrogens is 392 g/mol. The standard InChI is InChI=1S/C21H20N2O5S/c1-14(21(24)22-13-15-6-3-4-7-18(15)27-2)28-19-10-9-16(23(25)26)12-17(19)20-8-5-11-29-20/h3-12,14H,13H2,1-2H3,(H,22,24)/t14-/m1/s1. The number of thiophene rings is 1. The van der Waals surface area contributed by atoms with Gasteiger partial charge in [0.15, 0.2) is 6.10 Å². The van der Waals surface area contributed by atoms with E-state index in [1.54, 1.807) is 14.0 Å². The molecule has 0 unspecified atom stereocenters. The normalized spacial score (nSPS) is 11.5. The SMILES string of the molecule is COc1ccccc1CNC(=O)[C@@H](C)Oc1ccc([N+](=O)[O-])cc1-c1cccs1. The number of nitrogens with zero attached hydrogens (tertiary/aromatic N) is 1. The average molecular weight is 412 g/mol. The molecule has 1 aromatic heterocycles. The Kier molecular flexibility index (Phi) is 6.46. The van der Waals surface area contributed by atoms with Gasteiger partial charge in [-0.05, 0) is 30.5 Å². The summed E-state index contributed by atoms with van der Waals surface area (Å²) in [5.74, 6) is 0.807. The quantitative estimate of drug-likeness (QED) is 0.437. The van der Waals surface area contributed by atoms with Crippen molar-refractivity contribution in [1.82, 2.24) is 5.32 Å². The lowest BCUT2D eigenvalue weighted by molar-refractivity contribution is -0.384. The molecule has 1 N–H and O–H groups in total. The maximum absolute atomic E-state index is 12.5. The predicted molar refractivity (Wildman–Crippen MR) is 111 cm³/mol. The molecule has 0 spiro atoms. The molecule has 29 heavy (non-hydrogen) atoms. The minimum Gasteiger partial charge on any atom is -0.496 e. The molecule has 0 saturated carbocycles. The number of non-ortho nitro benzene ring substituents is 1. The van der Waals surface area contributed by atoms with E-state index < -0.39 is 11.0 Å². The summed E-state index contributed by atoms with van der Waals surface area (Å²) in [6, 6.07) is 15.5. The zero-order chi connectivity index (χ0) is 20.8. The number of ether oxygens (including phenoxy) is 2. The van der Waals surface area contributed by atoms with Gasteiger partial charge in [-0.3, -0.25) is 14.9 Å². The summed E-state index contributed by atoms with van der Waals surface area (Å²) in [6.07, 6.45) is -0.787. The van der Waals surface area contributed by atoms with Crippen LogP contribution in [0.25, 0.3) is 10.4 Å². The Labute approximate surface area is 172 Å². The van der Waals surface area contributed by atoms with E-state index in [2.05, 4.69) is 5.32 Å². The number of carbonyl (C=O) groups excluding carboxylic acids is 1. The number of carbonyl (C=O) groups is 1. The van der Waals surface area contributed by atoms with Crippen molar-refractivity contribution in [2.24, 2.45) is 0 Å². The smallest absolute Gasteiger partial charge is 0.270 e. The first kappa shape index (κ1) is 20.3. The second-order valence-electron chi connectivity index (χ2n) is 6.20. The third kappa shape index (κ3) is 4.91. The van der Waals surface area contributed by atoms with Gasteiger partial charge in [-0.2, -0.15) is 0 Å². The van der Waals surface area contributed by atoms with E-state index in [-0.39, 0.29) is 11.6 Å². The summed E-state index contributed by atoms with van der Waals surface area (Å²) < 4.78 is 11.1. The van der Waals surface area contributed by atoms with Crippen LogP contribution in [0.5, 0.6) is 11.5 Å². The van der Waals surface area contributed by atoms with Crippen molar-refractivity contribution in [2.75, 3.05) is 7.11 Å². The minimum absolute atomic E-state index is 0.0333. The first-order valence-electron chi connectivity index (χ1n) is 8.88. The molecule has 0 saturated heterocycles. The highest BCUT2D eigenvalue weighted by Crippen LogP contribution is 2.36. The third-order valence-corrected chi connectivity index (χ3v) is 5.18. The van der Waals surface area contributed by atoms with Crippen molar-refractivity contribution in [3.63, 3.8) is 0 Å². The number of methoxy groups -OCH3 is 1. The number of amides is 1. The number of nitro groups is 1. The molecule has 1 atom stereocenters. The third-order valence-electron chi connectivity index (χ3n) is 4.28. The van der Waals surface area contributed by atoms with Crippen LogP contribution < -0.4 is 14.8 Å². The van der Waals surface area contributed by atoms with Gasteiger partial charge in [0.05, 0.1) is 12.0 Å². The summed E-state index contributed by atoms with van der Waals surface area (Å²) in [5.41, 5.74) is 1.40. The molecule has 1 amide bonds. The molecule has 3 rings (SSSR count). The van der Waals surface area contributed by atoms with Gasteiger partial charge in [0, 0.05) is 34.7 Å². The summed E-state index contributed by atoms with van der Waals surface area (Å²) >= 11 is 1.44. The zero-order valence-corrected chi connectivity index (χ0v) is 16.8. The van der Waals surface area contributed by atoms with Gasteiger partial charge in [0.2, 0.25) is 0 Å². The highest BCUT2D eigenvalue weighted by Gasteiger charge is 2.20. The van der Waals surface area contributed by atoms with Gasteiger partial charge >= 0.3 is 0 Å². The molecular formula is C21H20N2O5S. The van der Waals surface area contributed by atoms with E-state index in [1.165, 1.54) is 29.5 Å². The Balaban J connectivity index is 1.73. The number of rotatable bonds is 8. The Morgan fingerprint density at radius 2 is 1.97 bits per heavy atom. The van der Waals surface area contributed by atoms with E-state index in [4.69, 9.17) is 9.47 Å². The molecule has 2 aromatic carbocycles. The number of hydrogen-bond donors (Lipinski definition) is 1. The van der Waals surface area contributed by atoms with E-state index in [1.807, 2.05) is 41.8 Å². The van der Waals surface area contributed by atoms with E-state index in [0.29, 0.717) is 23.6 Å². The van der Waals surface area contributed by atoms with Crippen LogP contribution in [0.15, 0.2) is 60.0 Å². The molecule has 0 bridgehead atoms. The van der Waals surface area contributed by atoms with Crippen LogP contribution >= 0.6 is 11.3 Å². The Morgan fingerprint density at radius 1 is 1.17 bits per heavy atom. The lowest BCUT2D eigenvalue weighted by Crippen LogP contribution is -2.36. The fourth-order valence-electron chi connectivity index (χ4n) is 2.78. The topological polar surface area (TPSA) is 90.7 Å². The van der Waals surface area contributed by atoms with Crippen molar-refractivity contribution in [3.05, 3.63) is 75.7 Å². The molecule has 3 aromatic rings. The molecule has 1 heterocycles. The lowest BCUT2D eigenvalue weighted by Gasteiger charge is -2.17. The van der Waals surface area contributed by atoms with Gasteiger partial charge in [0.1, 0.15) is 11.5 Å². The zero-order valence-electron chi connectivity index (χ0n) is 16.0. The summed E-state index contributed by atoms with van der Waals surface area (Å²) in [5, 5.41) is 15.8. The molecule has 8 heteroatoms. The van der Waals surface area contributed by atoms with Crippen molar-refractivity contribution >= 4 is 22.9 Å². The fraction of sp³-hybridized carbons (Fsp3) is 0.190. The van der Waals surface area contributed by atoms with E-state index in [9.17, 15) is 14.9 Å². The first-order valence-corrected chi connectivity index (χ1v) is 9.76. The van der Waals surface area contributed by atoms with Gasteiger partial charge in [-0.25, -0.2) is 0 Å². The van der Waals surface area contributed by atoms with Gasteiger partial charge in [-0.15, -0.1) is 11.3 Å². The Hall–Kier alpha value is -3.39. The van der Waals surface area contributed by atoms with Crippen LogP contribution in [0, 0.1) is 10.1 Å².